The fourth-order valence-electron chi connectivity index (χ4n) is 0.960. The van der Waals surface area contributed by atoms with Crippen molar-refractivity contribution in [3.05, 3.63) is 16.9 Å². The second-order valence-corrected chi connectivity index (χ2v) is 3.64. The van der Waals surface area contributed by atoms with E-state index in [1.165, 1.54) is 0 Å². The maximum atomic E-state index is 4.10. The van der Waals surface area contributed by atoms with Gasteiger partial charge in [-0.05, 0) is 15.9 Å². The first-order valence-corrected chi connectivity index (χ1v) is 4.59. The van der Waals surface area contributed by atoms with Gasteiger partial charge >= 0.3 is 0 Å². The number of hydrogen-bond donors (Lipinski definition) is 2. The second kappa shape index (κ2) is 3.37. The Kier molecular flexibility index (Phi) is 2.23. The first kappa shape index (κ1) is 7.94. The highest BCUT2D eigenvalue weighted by atomic mass is 79.9. The van der Waals surface area contributed by atoms with E-state index in [0.717, 1.165) is 17.6 Å². The van der Waals surface area contributed by atoms with Crippen LogP contribution in [-0.2, 0) is 0 Å². The van der Waals surface area contributed by atoms with Gasteiger partial charge in [-0.1, -0.05) is 0 Å². The van der Waals surface area contributed by atoms with Crippen LogP contribution >= 0.6 is 15.9 Å². The first-order chi connectivity index (χ1) is 5.84. The highest BCUT2D eigenvalue weighted by Crippen LogP contribution is 2.08. The summed E-state index contributed by atoms with van der Waals surface area (Å²) >= 11 is 3.28. The van der Waals surface area contributed by atoms with E-state index in [-0.39, 0.29) is 0 Å². The van der Waals surface area contributed by atoms with Crippen molar-refractivity contribution in [2.75, 3.05) is 18.4 Å². The van der Waals surface area contributed by atoms with E-state index < -0.39 is 0 Å². The van der Waals surface area contributed by atoms with Crippen LogP contribution in [0.15, 0.2) is 16.9 Å². The molecule has 5 heteroatoms. The molecule has 4 nitrogen and oxygen atoms in total. The molecule has 1 fully saturated rings. The highest BCUT2D eigenvalue weighted by Gasteiger charge is 2.16. The summed E-state index contributed by atoms with van der Waals surface area (Å²) in [5.74, 6) is 0.699. The molecule has 1 aliphatic heterocycles. The van der Waals surface area contributed by atoms with Crippen LogP contribution in [0, 0.1) is 0 Å². The van der Waals surface area contributed by atoms with Crippen molar-refractivity contribution in [2.45, 2.75) is 6.04 Å². The molecule has 2 N–H and O–H groups in total. The lowest BCUT2D eigenvalue weighted by Crippen LogP contribution is -2.51. The number of nitrogens with zero attached hydrogens (tertiary/aromatic N) is 2. The summed E-state index contributed by atoms with van der Waals surface area (Å²) < 4.78 is 0.903. The molecule has 0 bridgehead atoms. The molecular formula is C7H9BrN4. The molecule has 1 aromatic rings. The van der Waals surface area contributed by atoms with Crippen LogP contribution in [0.25, 0.3) is 0 Å². The Morgan fingerprint density at radius 1 is 1.42 bits per heavy atom. The van der Waals surface area contributed by atoms with Crippen molar-refractivity contribution in [3.8, 4) is 0 Å². The number of rotatable bonds is 2. The van der Waals surface area contributed by atoms with Gasteiger partial charge < -0.3 is 10.6 Å². The molecule has 0 saturated carbocycles. The van der Waals surface area contributed by atoms with E-state index >= 15 is 0 Å². The normalized spacial score (nSPS) is 17.1. The molecule has 1 aromatic heterocycles. The molecule has 0 radical (unpaired) electrons. The lowest BCUT2D eigenvalue weighted by Gasteiger charge is -2.27. The van der Waals surface area contributed by atoms with Crippen LogP contribution in [0.1, 0.15) is 0 Å². The molecular weight excluding hydrogens is 220 g/mol. The summed E-state index contributed by atoms with van der Waals surface area (Å²) in [6.07, 6.45) is 3.48. The zero-order chi connectivity index (χ0) is 8.39. The average molecular weight is 229 g/mol. The number of halogens is 1. The third-order valence-corrected chi connectivity index (χ3v) is 2.14. The molecule has 2 heterocycles. The van der Waals surface area contributed by atoms with Crippen molar-refractivity contribution in [2.24, 2.45) is 0 Å². The van der Waals surface area contributed by atoms with E-state index in [1.807, 2.05) is 0 Å². The van der Waals surface area contributed by atoms with Gasteiger partial charge in [-0.3, -0.25) is 0 Å². The third kappa shape index (κ3) is 1.73. The molecule has 0 atom stereocenters. The van der Waals surface area contributed by atoms with Crippen LogP contribution in [0.2, 0.25) is 0 Å². The minimum atomic E-state index is 0.492. The summed E-state index contributed by atoms with van der Waals surface area (Å²) in [5.41, 5.74) is 0. The fourth-order valence-corrected chi connectivity index (χ4v) is 1.16. The fraction of sp³-hybridized carbons (Fsp3) is 0.429. The van der Waals surface area contributed by atoms with Crippen LogP contribution in [0.5, 0.6) is 0 Å². The van der Waals surface area contributed by atoms with Crippen LogP contribution in [-0.4, -0.2) is 29.1 Å². The Bertz CT molecular complexity index is 257. The lowest BCUT2D eigenvalue weighted by atomic mass is 10.2. The molecule has 64 valence electrons. The van der Waals surface area contributed by atoms with Gasteiger partial charge in [-0.25, -0.2) is 9.97 Å². The minimum Gasteiger partial charge on any atom is -0.349 e. The lowest BCUT2D eigenvalue weighted by molar-refractivity contribution is 0.469. The first-order valence-electron chi connectivity index (χ1n) is 3.79. The van der Waals surface area contributed by atoms with Crippen LogP contribution in [0.3, 0.4) is 0 Å². The number of aromatic nitrogens is 2. The van der Waals surface area contributed by atoms with Gasteiger partial charge in [-0.15, -0.1) is 0 Å². The molecule has 0 aliphatic carbocycles. The maximum absolute atomic E-state index is 4.10. The van der Waals surface area contributed by atoms with E-state index in [9.17, 15) is 0 Å². The van der Waals surface area contributed by atoms with Gasteiger partial charge in [-0.2, -0.15) is 0 Å². The zero-order valence-corrected chi connectivity index (χ0v) is 8.00. The van der Waals surface area contributed by atoms with Gasteiger partial charge in [0.25, 0.3) is 0 Å². The summed E-state index contributed by atoms with van der Waals surface area (Å²) in [7, 11) is 0. The molecule has 0 amide bonds. The Balaban J connectivity index is 1.98. The van der Waals surface area contributed by atoms with Crippen molar-refractivity contribution in [3.63, 3.8) is 0 Å². The number of hydrogen-bond acceptors (Lipinski definition) is 4. The van der Waals surface area contributed by atoms with Crippen LogP contribution in [0.4, 0.5) is 5.95 Å². The van der Waals surface area contributed by atoms with Crippen molar-refractivity contribution < 1.29 is 0 Å². The Morgan fingerprint density at radius 3 is 2.58 bits per heavy atom. The molecule has 1 aliphatic rings. The predicted octanol–water partition coefficient (Wildman–Crippen LogP) is 0.623. The standard InChI is InChI=1S/C7H9BrN4/c8-5-1-10-7(11-2-5)12-6-3-9-4-6/h1-2,6,9H,3-4H2,(H,10,11,12). The SMILES string of the molecule is Brc1cnc(NC2CNC2)nc1. The van der Waals surface area contributed by atoms with Crippen molar-refractivity contribution >= 4 is 21.9 Å². The molecule has 12 heavy (non-hydrogen) atoms. The maximum Gasteiger partial charge on any atom is 0.222 e. The summed E-state index contributed by atoms with van der Waals surface area (Å²) in [5, 5.41) is 6.37. The monoisotopic (exact) mass is 228 g/mol. The Labute approximate surface area is 78.9 Å². The van der Waals surface area contributed by atoms with Gasteiger partial charge in [0, 0.05) is 25.5 Å². The molecule has 2 rings (SSSR count). The highest BCUT2D eigenvalue weighted by molar-refractivity contribution is 9.10. The summed E-state index contributed by atoms with van der Waals surface area (Å²) in [6, 6.07) is 0.492. The third-order valence-electron chi connectivity index (χ3n) is 1.74. The topological polar surface area (TPSA) is 49.8 Å². The molecule has 1 saturated heterocycles. The van der Waals surface area contributed by atoms with Gasteiger partial charge in [0.15, 0.2) is 0 Å². The summed E-state index contributed by atoms with van der Waals surface area (Å²) in [6.45, 7) is 2.00. The van der Waals surface area contributed by atoms with Crippen LogP contribution < -0.4 is 10.6 Å². The molecule has 0 spiro atoms. The van der Waals surface area contributed by atoms with Gasteiger partial charge in [0.1, 0.15) is 0 Å². The largest absolute Gasteiger partial charge is 0.349 e. The Hall–Kier alpha value is -0.680. The quantitative estimate of drug-likeness (QED) is 0.780. The van der Waals surface area contributed by atoms with Crippen molar-refractivity contribution in [1.29, 1.82) is 0 Å². The number of nitrogens with one attached hydrogen (secondary N) is 2. The van der Waals surface area contributed by atoms with Gasteiger partial charge in [0.05, 0.1) is 10.5 Å². The van der Waals surface area contributed by atoms with E-state index in [1.54, 1.807) is 12.4 Å². The second-order valence-electron chi connectivity index (χ2n) is 2.72. The molecule has 0 aromatic carbocycles. The van der Waals surface area contributed by atoms with Crippen molar-refractivity contribution in [1.82, 2.24) is 15.3 Å². The molecule has 0 unspecified atom stereocenters. The number of anilines is 1. The minimum absolute atomic E-state index is 0.492. The predicted molar refractivity (Wildman–Crippen MR) is 50.0 cm³/mol. The van der Waals surface area contributed by atoms with Gasteiger partial charge in [0.2, 0.25) is 5.95 Å². The van der Waals surface area contributed by atoms with E-state index in [4.69, 9.17) is 0 Å². The summed E-state index contributed by atoms with van der Waals surface area (Å²) in [4.78, 5) is 8.21. The Morgan fingerprint density at radius 2 is 2.08 bits per heavy atom. The zero-order valence-electron chi connectivity index (χ0n) is 6.42. The smallest absolute Gasteiger partial charge is 0.222 e. The van der Waals surface area contributed by atoms with E-state index in [0.29, 0.717) is 12.0 Å². The average Bonchev–Trinajstić information content (AvgIpc) is 2.00. The van der Waals surface area contributed by atoms with E-state index in [2.05, 4.69) is 36.5 Å².